The van der Waals surface area contributed by atoms with E-state index in [2.05, 4.69) is 54.9 Å². The van der Waals surface area contributed by atoms with Crippen LogP contribution in [0.5, 0.6) is 5.75 Å². The van der Waals surface area contributed by atoms with Crippen LogP contribution in [0.2, 0.25) is 0 Å². The Hall–Kier alpha value is -4.37. The van der Waals surface area contributed by atoms with Crippen molar-refractivity contribution in [2.75, 3.05) is 56.4 Å². The van der Waals surface area contributed by atoms with Crippen LogP contribution in [-0.4, -0.2) is 66.2 Å². The number of likely N-dealkylation sites (N-methyl/N-ethyl adjacent to an activating group) is 2. The number of nitrogens with one attached hydrogen (secondary N) is 2. The Morgan fingerprint density at radius 1 is 1.11 bits per heavy atom. The third-order valence-corrected chi connectivity index (χ3v) is 8.40. The normalized spacial score (nSPS) is 13.4. The van der Waals surface area contributed by atoms with Gasteiger partial charge in [0.1, 0.15) is 5.75 Å². The summed E-state index contributed by atoms with van der Waals surface area (Å²) in [7, 11) is 8.16. The number of ether oxygens (including phenoxy) is 1. The van der Waals surface area contributed by atoms with Gasteiger partial charge >= 0.3 is 0 Å². The van der Waals surface area contributed by atoms with Crippen LogP contribution >= 0.6 is 0 Å². The lowest BCUT2D eigenvalue weighted by molar-refractivity contribution is -0.111. The fourth-order valence-electron chi connectivity index (χ4n) is 5.94. The molecule has 0 radical (unpaired) electrons. The van der Waals surface area contributed by atoms with Gasteiger partial charge in [0.05, 0.1) is 29.4 Å². The standard InChI is InChI=1S/C35H45N7O2/c1-6-34(43)37-29-22-30(39-35-36-18-17-28(38-35)27-24-42(5)31-16-10-9-15-26(27)31)33(23-32(29)41(4)20-19-40(2)3)44-21-11-14-25-12-7-8-13-25/h6,9-10,15-18,22-25H,1,7-8,11-14,19-21H2,2-5H3,(H,37,43)(H,36,38,39). The van der Waals surface area contributed by atoms with Gasteiger partial charge in [-0.3, -0.25) is 4.79 Å². The highest BCUT2D eigenvalue weighted by Gasteiger charge is 2.19. The van der Waals surface area contributed by atoms with Crippen molar-refractivity contribution >= 4 is 39.8 Å². The van der Waals surface area contributed by atoms with E-state index in [0.717, 1.165) is 53.3 Å². The Morgan fingerprint density at radius 3 is 2.68 bits per heavy atom. The Bertz CT molecular complexity index is 1590. The van der Waals surface area contributed by atoms with Crippen molar-refractivity contribution in [2.24, 2.45) is 13.0 Å². The molecule has 0 aliphatic heterocycles. The number of amides is 1. The molecule has 1 amide bonds. The Labute approximate surface area is 260 Å². The number of carbonyl (C=O) groups excluding carboxylic acids is 1. The number of anilines is 4. The van der Waals surface area contributed by atoms with Crippen molar-refractivity contribution in [1.82, 2.24) is 19.4 Å². The van der Waals surface area contributed by atoms with Crippen LogP contribution in [0.3, 0.4) is 0 Å². The second kappa shape index (κ2) is 14.4. The van der Waals surface area contributed by atoms with Crippen molar-refractivity contribution in [1.29, 1.82) is 0 Å². The summed E-state index contributed by atoms with van der Waals surface area (Å²) in [5.74, 6) is 1.67. The number of hydrogen-bond acceptors (Lipinski definition) is 7. The van der Waals surface area contributed by atoms with E-state index in [1.807, 2.05) is 58.5 Å². The summed E-state index contributed by atoms with van der Waals surface area (Å²) in [6.45, 7) is 5.89. The summed E-state index contributed by atoms with van der Waals surface area (Å²) in [4.78, 5) is 26.2. The molecule has 0 bridgehead atoms. The molecule has 2 aromatic heterocycles. The first kappa shape index (κ1) is 31.1. The summed E-state index contributed by atoms with van der Waals surface area (Å²) in [6, 6.07) is 14.1. The van der Waals surface area contributed by atoms with Gasteiger partial charge in [0.2, 0.25) is 11.9 Å². The van der Waals surface area contributed by atoms with E-state index in [0.29, 0.717) is 29.7 Å². The molecule has 232 valence electrons. The molecule has 9 nitrogen and oxygen atoms in total. The first-order chi connectivity index (χ1) is 21.3. The SMILES string of the molecule is C=CC(=O)Nc1cc(Nc2nccc(-c3cn(C)c4ccccc34)n2)c(OCCCC2CCCC2)cc1N(C)CCN(C)C. The zero-order valence-corrected chi connectivity index (χ0v) is 26.5. The smallest absolute Gasteiger partial charge is 0.247 e. The minimum absolute atomic E-state index is 0.280. The Morgan fingerprint density at radius 2 is 1.91 bits per heavy atom. The number of nitrogens with zero attached hydrogens (tertiary/aromatic N) is 5. The summed E-state index contributed by atoms with van der Waals surface area (Å²) in [5.41, 5.74) is 5.20. The van der Waals surface area contributed by atoms with Crippen molar-refractivity contribution < 1.29 is 9.53 Å². The maximum Gasteiger partial charge on any atom is 0.247 e. The van der Waals surface area contributed by atoms with Crippen molar-refractivity contribution in [2.45, 2.75) is 38.5 Å². The summed E-state index contributed by atoms with van der Waals surface area (Å²) in [6.07, 6.45) is 12.7. The predicted molar refractivity (Wildman–Crippen MR) is 181 cm³/mol. The second-order valence-corrected chi connectivity index (χ2v) is 12.0. The van der Waals surface area contributed by atoms with Gasteiger partial charge in [0.15, 0.2) is 0 Å². The van der Waals surface area contributed by atoms with Crippen LogP contribution in [0, 0.1) is 5.92 Å². The molecular formula is C35H45N7O2. The van der Waals surface area contributed by atoms with Gasteiger partial charge < -0.3 is 29.7 Å². The molecule has 1 saturated carbocycles. The van der Waals surface area contributed by atoms with E-state index in [1.165, 1.54) is 38.2 Å². The van der Waals surface area contributed by atoms with Crippen LogP contribution in [0.15, 0.2) is 67.5 Å². The van der Waals surface area contributed by atoms with Crippen molar-refractivity contribution in [3.8, 4) is 17.0 Å². The zero-order valence-electron chi connectivity index (χ0n) is 26.5. The summed E-state index contributed by atoms with van der Waals surface area (Å²) < 4.78 is 8.57. The molecule has 44 heavy (non-hydrogen) atoms. The molecule has 2 N–H and O–H groups in total. The number of hydrogen-bond donors (Lipinski definition) is 2. The van der Waals surface area contributed by atoms with Crippen LogP contribution < -0.4 is 20.3 Å². The maximum absolute atomic E-state index is 12.5. The maximum atomic E-state index is 12.5. The van der Waals surface area contributed by atoms with E-state index < -0.39 is 0 Å². The van der Waals surface area contributed by atoms with Crippen molar-refractivity contribution in [3.63, 3.8) is 0 Å². The largest absolute Gasteiger partial charge is 0.491 e. The molecule has 9 heteroatoms. The first-order valence-electron chi connectivity index (χ1n) is 15.6. The number of carbonyl (C=O) groups is 1. The fourth-order valence-corrected chi connectivity index (χ4v) is 5.94. The van der Waals surface area contributed by atoms with Crippen LogP contribution in [0.1, 0.15) is 38.5 Å². The topological polar surface area (TPSA) is 87.5 Å². The van der Waals surface area contributed by atoms with Crippen LogP contribution in [-0.2, 0) is 11.8 Å². The van der Waals surface area contributed by atoms with Gasteiger partial charge in [-0.15, -0.1) is 0 Å². The third kappa shape index (κ3) is 7.58. The molecule has 0 saturated heterocycles. The van der Waals surface area contributed by atoms with E-state index in [-0.39, 0.29) is 5.91 Å². The molecular weight excluding hydrogens is 550 g/mol. The molecule has 0 unspecified atom stereocenters. The number of benzene rings is 2. The highest BCUT2D eigenvalue weighted by molar-refractivity contribution is 6.02. The van der Waals surface area contributed by atoms with Gasteiger partial charge in [-0.1, -0.05) is 50.5 Å². The molecule has 1 fully saturated rings. The molecule has 2 heterocycles. The van der Waals surface area contributed by atoms with Gasteiger partial charge in [0, 0.05) is 62.1 Å². The van der Waals surface area contributed by atoms with Crippen LogP contribution in [0.4, 0.5) is 23.0 Å². The first-order valence-corrected chi connectivity index (χ1v) is 15.6. The molecule has 1 aliphatic rings. The minimum Gasteiger partial charge on any atom is -0.491 e. The fraction of sp³-hybridized carbons (Fsp3) is 0.400. The Balaban J connectivity index is 1.47. The molecule has 2 aromatic carbocycles. The molecule has 4 aromatic rings. The van der Waals surface area contributed by atoms with Gasteiger partial charge in [-0.2, -0.15) is 0 Å². The number of aromatic nitrogens is 3. The van der Waals surface area contributed by atoms with E-state index in [9.17, 15) is 4.79 Å². The lowest BCUT2D eigenvalue weighted by Gasteiger charge is -2.26. The van der Waals surface area contributed by atoms with E-state index in [1.54, 1.807) is 6.20 Å². The second-order valence-electron chi connectivity index (χ2n) is 12.0. The summed E-state index contributed by atoms with van der Waals surface area (Å²) >= 11 is 0. The number of fused-ring (bicyclic) bond motifs is 1. The van der Waals surface area contributed by atoms with Crippen LogP contribution in [0.25, 0.3) is 22.2 Å². The molecule has 5 rings (SSSR count). The number of rotatable bonds is 14. The van der Waals surface area contributed by atoms with Gasteiger partial charge in [0.25, 0.3) is 0 Å². The zero-order chi connectivity index (χ0) is 31.1. The summed E-state index contributed by atoms with van der Waals surface area (Å²) in [5, 5.41) is 7.53. The molecule has 0 spiro atoms. The number of aryl methyl sites for hydroxylation is 1. The number of para-hydroxylation sites is 1. The average Bonchev–Trinajstić information content (AvgIpc) is 3.67. The minimum atomic E-state index is -0.280. The monoisotopic (exact) mass is 595 g/mol. The third-order valence-electron chi connectivity index (χ3n) is 8.40. The Kier molecular flexibility index (Phi) is 10.2. The van der Waals surface area contributed by atoms with Crippen molar-refractivity contribution in [3.05, 3.63) is 67.5 Å². The predicted octanol–water partition coefficient (Wildman–Crippen LogP) is 6.85. The van der Waals surface area contributed by atoms with Gasteiger partial charge in [-0.25, -0.2) is 9.97 Å². The highest BCUT2D eigenvalue weighted by Crippen LogP contribution is 2.39. The van der Waals surface area contributed by atoms with Gasteiger partial charge in [-0.05, 0) is 57.1 Å². The quantitative estimate of drug-likeness (QED) is 0.122. The lowest BCUT2D eigenvalue weighted by Crippen LogP contribution is -2.29. The molecule has 1 aliphatic carbocycles. The van der Waals surface area contributed by atoms with E-state index >= 15 is 0 Å². The molecule has 0 atom stereocenters. The highest BCUT2D eigenvalue weighted by atomic mass is 16.5. The lowest BCUT2D eigenvalue weighted by atomic mass is 10.0. The van der Waals surface area contributed by atoms with E-state index in [4.69, 9.17) is 9.72 Å². The average molecular weight is 596 g/mol.